The van der Waals surface area contributed by atoms with Crippen LogP contribution in [0, 0.1) is 21.3 Å². The zero-order valence-corrected chi connectivity index (χ0v) is 13.5. The fourth-order valence-corrected chi connectivity index (χ4v) is 5.71. The van der Waals surface area contributed by atoms with E-state index < -0.39 is 0 Å². The topological polar surface area (TPSA) is 37.8 Å². The van der Waals surface area contributed by atoms with Crippen LogP contribution >= 0.6 is 22.6 Å². The van der Waals surface area contributed by atoms with E-state index in [-0.39, 0.29) is 0 Å². The van der Waals surface area contributed by atoms with Crippen LogP contribution in [0.5, 0.6) is 0 Å². The normalized spacial score (nSPS) is 39.6. The number of nitrogens with one attached hydrogen (secondary N) is 1. The van der Waals surface area contributed by atoms with E-state index in [1.165, 1.54) is 38.5 Å². The van der Waals surface area contributed by atoms with Crippen LogP contribution in [0.15, 0.2) is 6.20 Å². The lowest BCUT2D eigenvalue weighted by Gasteiger charge is -2.56. The number of hydrogen-bond donors (Lipinski definition) is 1. The molecule has 1 heterocycles. The first kappa shape index (κ1) is 12.4. The first-order valence-corrected chi connectivity index (χ1v) is 8.47. The molecule has 0 atom stereocenters. The van der Waals surface area contributed by atoms with Crippen molar-refractivity contribution in [2.75, 3.05) is 12.4 Å². The van der Waals surface area contributed by atoms with Gasteiger partial charge in [-0.1, -0.05) is 0 Å². The molecule has 0 saturated heterocycles. The quantitative estimate of drug-likeness (QED) is 0.810. The van der Waals surface area contributed by atoms with Crippen LogP contribution in [0.3, 0.4) is 0 Å². The molecule has 4 fully saturated rings. The summed E-state index contributed by atoms with van der Waals surface area (Å²) in [6.07, 6.45) is 10.4. The highest BCUT2D eigenvalue weighted by Gasteiger charge is 2.53. The van der Waals surface area contributed by atoms with Crippen molar-refractivity contribution in [2.45, 2.75) is 43.9 Å². The minimum Gasteiger partial charge on any atom is -0.372 e. The summed E-state index contributed by atoms with van der Waals surface area (Å²) in [7, 11) is 1.95. The molecule has 5 rings (SSSR count). The van der Waals surface area contributed by atoms with Gasteiger partial charge in [0.05, 0.1) is 3.57 Å². The summed E-state index contributed by atoms with van der Waals surface area (Å²) in [4.78, 5) is 9.57. The van der Waals surface area contributed by atoms with E-state index in [4.69, 9.17) is 9.97 Å². The third-order valence-electron chi connectivity index (χ3n) is 5.49. The first-order chi connectivity index (χ1) is 9.18. The number of halogens is 1. The van der Waals surface area contributed by atoms with Gasteiger partial charge in [0.1, 0.15) is 11.6 Å². The van der Waals surface area contributed by atoms with Crippen molar-refractivity contribution >= 4 is 28.4 Å². The van der Waals surface area contributed by atoms with Crippen LogP contribution in [0.2, 0.25) is 0 Å². The summed E-state index contributed by atoms with van der Waals surface area (Å²) in [5, 5.41) is 3.21. The number of rotatable bonds is 2. The highest BCUT2D eigenvalue weighted by Crippen LogP contribution is 2.60. The summed E-state index contributed by atoms with van der Waals surface area (Å²) in [5.41, 5.74) is 0.310. The Morgan fingerprint density at radius 3 is 2.26 bits per heavy atom. The Morgan fingerprint density at radius 1 is 1.16 bits per heavy atom. The largest absolute Gasteiger partial charge is 0.372 e. The molecule has 4 saturated carbocycles. The molecule has 0 aromatic carbocycles. The van der Waals surface area contributed by atoms with E-state index in [0.29, 0.717) is 5.41 Å². The number of hydrogen-bond acceptors (Lipinski definition) is 3. The predicted molar refractivity (Wildman–Crippen MR) is 84.1 cm³/mol. The minimum atomic E-state index is 0.310. The molecule has 3 nitrogen and oxygen atoms in total. The summed E-state index contributed by atoms with van der Waals surface area (Å²) in [6.45, 7) is 0. The molecule has 19 heavy (non-hydrogen) atoms. The molecule has 1 aromatic heterocycles. The maximum Gasteiger partial charge on any atom is 0.142 e. The Kier molecular flexibility index (Phi) is 2.80. The fourth-order valence-electron chi connectivity index (χ4n) is 5.18. The number of nitrogens with zero attached hydrogens (tertiary/aromatic N) is 2. The van der Waals surface area contributed by atoms with E-state index in [1.54, 1.807) is 0 Å². The Balaban J connectivity index is 1.75. The van der Waals surface area contributed by atoms with Gasteiger partial charge in [0.15, 0.2) is 0 Å². The van der Waals surface area contributed by atoms with Crippen LogP contribution in [0.1, 0.15) is 44.3 Å². The molecule has 102 valence electrons. The Bertz CT molecular complexity index is 479. The van der Waals surface area contributed by atoms with Gasteiger partial charge in [-0.2, -0.15) is 0 Å². The lowest BCUT2D eigenvalue weighted by molar-refractivity contribution is -0.00935. The maximum atomic E-state index is 4.85. The van der Waals surface area contributed by atoms with Crippen molar-refractivity contribution in [1.29, 1.82) is 0 Å². The van der Waals surface area contributed by atoms with E-state index in [9.17, 15) is 0 Å². The van der Waals surface area contributed by atoms with Gasteiger partial charge in [0.25, 0.3) is 0 Å². The van der Waals surface area contributed by atoms with E-state index in [1.807, 2.05) is 13.2 Å². The Hall–Kier alpha value is -0.390. The summed E-state index contributed by atoms with van der Waals surface area (Å²) < 4.78 is 1.12. The number of anilines is 1. The molecule has 0 spiro atoms. The Labute approximate surface area is 128 Å². The molecule has 0 amide bonds. The molecule has 0 unspecified atom stereocenters. The fraction of sp³-hybridized carbons (Fsp3) is 0.733. The van der Waals surface area contributed by atoms with Gasteiger partial charge >= 0.3 is 0 Å². The van der Waals surface area contributed by atoms with E-state index >= 15 is 0 Å². The van der Waals surface area contributed by atoms with Crippen LogP contribution in [-0.2, 0) is 5.41 Å². The zero-order valence-electron chi connectivity index (χ0n) is 11.3. The molecular weight excluding hydrogens is 349 g/mol. The highest BCUT2D eigenvalue weighted by atomic mass is 127. The van der Waals surface area contributed by atoms with E-state index in [2.05, 4.69) is 27.9 Å². The highest BCUT2D eigenvalue weighted by molar-refractivity contribution is 14.1. The van der Waals surface area contributed by atoms with Crippen LogP contribution in [0.25, 0.3) is 0 Å². The standard InChI is InChI=1S/C15H20IN3/c1-17-13-12(16)8-18-14(19-13)15-5-9-2-10(6-15)4-11(3-9)7-15/h8-11H,2-7H2,1H3,(H,17,18,19). The van der Waals surface area contributed by atoms with Crippen molar-refractivity contribution in [2.24, 2.45) is 17.8 Å². The third-order valence-corrected chi connectivity index (χ3v) is 6.28. The van der Waals surface area contributed by atoms with Crippen molar-refractivity contribution < 1.29 is 0 Å². The van der Waals surface area contributed by atoms with Crippen molar-refractivity contribution in [3.05, 3.63) is 15.6 Å². The molecule has 0 aliphatic heterocycles. The van der Waals surface area contributed by atoms with Crippen molar-refractivity contribution in [3.8, 4) is 0 Å². The third kappa shape index (κ3) is 1.89. The summed E-state index contributed by atoms with van der Waals surface area (Å²) in [6, 6.07) is 0. The van der Waals surface area contributed by atoms with E-state index in [0.717, 1.165) is 33.0 Å². The second-order valence-electron chi connectivity index (χ2n) is 6.84. The average Bonchev–Trinajstić information content (AvgIpc) is 2.37. The average molecular weight is 369 g/mol. The summed E-state index contributed by atoms with van der Waals surface area (Å²) in [5.74, 6) is 4.98. The van der Waals surface area contributed by atoms with Crippen LogP contribution in [0.4, 0.5) is 5.82 Å². The van der Waals surface area contributed by atoms with Gasteiger partial charge in [-0.15, -0.1) is 0 Å². The van der Waals surface area contributed by atoms with Crippen molar-refractivity contribution in [1.82, 2.24) is 9.97 Å². The first-order valence-electron chi connectivity index (χ1n) is 7.39. The second kappa shape index (κ2) is 4.30. The van der Waals surface area contributed by atoms with Gasteiger partial charge in [-0.25, -0.2) is 9.97 Å². The zero-order chi connectivity index (χ0) is 13.0. The smallest absolute Gasteiger partial charge is 0.142 e. The molecule has 0 radical (unpaired) electrons. The molecule has 1 N–H and O–H groups in total. The van der Waals surface area contributed by atoms with Crippen LogP contribution < -0.4 is 5.32 Å². The minimum absolute atomic E-state index is 0.310. The molecule has 1 aromatic rings. The van der Waals surface area contributed by atoms with Gasteiger partial charge in [-0.05, 0) is 78.9 Å². The Morgan fingerprint density at radius 2 is 1.74 bits per heavy atom. The lowest BCUT2D eigenvalue weighted by Crippen LogP contribution is -2.49. The van der Waals surface area contributed by atoms with Gasteiger partial charge < -0.3 is 5.32 Å². The predicted octanol–water partition coefficient (Wildman–Crippen LogP) is 3.59. The molecule has 4 bridgehead atoms. The number of aromatic nitrogens is 2. The lowest BCUT2D eigenvalue weighted by atomic mass is 9.49. The second-order valence-corrected chi connectivity index (χ2v) is 8.00. The van der Waals surface area contributed by atoms with Crippen LogP contribution in [-0.4, -0.2) is 17.0 Å². The molecule has 4 aliphatic carbocycles. The maximum absolute atomic E-state index is 4.85. The molecule has 4 heteroatoms. The van der Waals surface area contributed by atoms with Crippen molar-refractivity contribution in [3.63, 3.8) is 0 Å². The van der Waals surface area contributed by atoms with Gasteiger partial charge in [0, 0.05) is 18.7 Å². The molecular formula is C15H20IN3. The molecule has 4 aliphatic rings. The monoisotopic (exact) mass is 369 g/mol. The summed E-state index contributed by atoms with van der Waals surface area (Å²) >= 11 is 2.31. The van der Waals surface area contributed by atoms with Gasteiger partial charge in [0.2, 0.25) is 0 Å². The van der Waals surface area contributed by atoms with Gasteiger partial charge in [-0.3, -0.25) is 0 Å². The SMILES string of the molecule is CNc1nc(C23CC4CC(CC(C4)C2)C3)ncc1I.